The number of rotatable bonds is 3. The predicted molar refractivity (Wildman–Crippen MR) is 71.3 cm³/mol. The molecule has 98 valence electrons. The number of aromatic nitrogens is 1. The molecular weight excluding hydrogens is 246 g/mol. The van der Waals surface area contributed by atoms with Gasteiger partial charge in [0.25, 0.3) is 0 Å². The summed E-state index contributed by atoms with van der Waals surface area (Å²) in [5.74, 6) is 0.575. The molecule has 2 aliphatic rings. The molecule has 2 N–H and O–H groups in total. The first-order valence-corrected chi connectivity index (χ1v) is 7.53. The predicted octanol–water partition coefficient (Wildman–Crippen LogP) is 1.33. The number of thiazole rings is 1. The van der Waals surface area contributed by atoms with E-state index in [1.165, 1.54) is 29.8 Å². The fourth-order valence-corrected chi connectivity index (χ4v) is 3.97. The number of aryl methyl sites for hydroxylation is 2. The Morgan fingerprint density at radius 3 is 2.94 bits per heavy atom. The molecule has 5 heteroatoms. The van der Waals surface area contributed by atoms with Crippen molar-refractivity contribution in [1.29, 1.82) is 0 Å². The Kier molecular flexibility index (Phi) is 3.35. The number of fused-ring (bicyclic) bond motifs is 1. The van der Waals surface area contributed by atoms with E-state index in [-0.39, 0.29) is 5.91 Å². The van der Waals surface area contributed by atoms with Crippen LogP contribution in [0.2, 0.25) is 0 Å². The number of amides is 1. The van der Waals surface area contributed by atoms with Crippen LogP contribution in [0.15, 0.2) is 0 Å². The number of likely N-dealkylation sites (tertiary alicyclic amines) is 1. The summed E-state index contributed by atoms with van der Waals surface area (Å²) in [6, 6.07) is 0. The molecule has 0 radical (unpaired) electrons. The van der Waals surface area contributed by atoms with E-state index in [1.54, 1.807) is 11.3 Å². The van der Waals surface area contributed by atoms with Crippen LogP contribution in [0, 0.1) is 5.92 Å². The van der Waals surface area contributed by atoms with Gasteiger partial charge in [-0.1, -0.05) is 0 Å². The molecule has 1 aliphatic carbocycles. The summed E-state index contributed by atoms with van der Waals surface area (Å²) in [6.45, 7) is 2.10. The number of nitrogens with zero attached hydrogens (tertiary/aromatic N) is 2. The molecule has 18 heavy (non-hydrogen) atoms. The summed E-state index contributed by atoms with van der Waals surface area (Å²) >= 11 is 1.80. The van der Waals surface area contributed by atoms with E-state index in [1.807, 2.05) is 4.90 Å². The first kappa shape index (κ1) is 12.1. The number of hydrogen-bond acceptors (Lipinski definition) is 4. The van der Waals surface area contributed by atoms with Crippen molar-refractivity contribution in [2.45, 2.75) is 38.6 Å². The van der Waals surface area contributed by atoms with Crippen LogP contribution in [0.4, 0.5) is 0 Å². The maximum atomic E-state index is 11.8. The van der Waals surface area contributed by atoms with Crippen molar-refractivity contribution >= 4 is 17.2 Å². The van der Waals surface area contributed by atoms with Gasteiger partial charge < -0.3 is 10.6 Å². The zero-order chi connectivity index (χ0) is 12.5. The van der Waals surface area contributed by atoms with Crippen LogP contribution in [-0.2, 0) is 24.2 Å². The summed E-state index contributed by atoms with van der Waals surface area (Å²) in [5.41, 5.74) is 6.92. The summed E-state index contributed by atoms with van der Waals surface area (Å²) in [6.07, 6.45) is 5.44. The highest BCUT2D eigenvalue weighted by Gasteiger charge is 2.29. The van der Waals surface area contributed by atoms with E-state index in [2.05, 4.69) is 0 Å². The first-order chi connectivity index (χ1) is 8.76. The van der Waals surface area contributed by atoms with Gasteiger partial charge in [0, 0.05) is 17.8 Å². The van der Waals surface area contributed by atoms with Gasteiger partial charge in [-0.25, -0.2) is 4.98 Å². The molecule has 1 fully saturated rings. The standard InChI is InChI=1S/C13H19N3OS/c14-6-9-5-13(17)16(7-9)8-12-15-10-3-1-2-4-11(10)18-12/h9H,1-8,14H2. The molecule has 1 unspecified atom stereocenters. The van der Waals surface area contributed by atoms with Crippen molar-refractivity contribution in [2.24, 2.45) is 11.7 Å². The zero-order valence-corrected chi connectivity index (χ0v) is 11.3. The van der Waals surface area contributed by atoms with Crippen LogP contribution in [-0.4, -0.2) is 28.9 Å². The normalized spacial score (nSPS) is 23.5. The van der Waals surface area contributed by atoms with E-state index in [4.69, 9.17) is 10.7 Å². The molecule has 3 rings (SSSR count). The Morgan fingerprint density at radius 2 is 2.22 bits per heavy atom. The monoisotopic (exact) mass is 265 g/mol. The summed E-state index contributed by atoms with van der Waals surface area (Å²) in [7, 11) is 0. The highest BCUT2D eigenvalue weighted by Crippen LogP contribution is 2.28. The number of carbonyl (C=O) groups excluding carboxylic acids is 1. The van der Waals surface area contributed by atoms with Gasteiger partial charge in [0.05, 0.1) is 12.2 Å². The summed E-state index contributed by atoms with van der Waals surface area (Å²) in [4.78, 5) is 19.9. The second-order valence-electron chi connectivity index (χ2n) is 5.26. The van der Waals surface area contributed by atoms with E-state index in [0.717, 1.165) is 18.0 Å². The maximum Gasteiger partial charge on any atom is 0.223 e. The second-order valence-corrected chi connectivity index (χ2v) is 6.43. The largest absolute Gasteiger partial charge is 0.336 e. The number of carbonyl (C=O) groups is 1. The van der Waals surface area contributed by atoms with Gasteiger partial charge in [-0.05, 0) is 38.1 Å². The number of hydrogen-bond donors (Lipinski definition) is 1. The van der Waals surface area contributed by atoms with Crippen LogP contribution >= 0.6 is 11.3 Å². The average molecular weight is 265 g/mol. The molecule has 1 aromatic rings. The Morgan fingerprint density at radius 1 is 1.39 bits per heavy atom. The Labute approximate surface area is 111 Å². The summed E-state index contributed by atoms with van der Waals surface area (Å²) < 4.78 is 0. The van der Waals surface area contributed by atoms with Crippen LogP contribution in [0.5, 0.6) is 0 Å². The van der Waals surface area contributed by atoms with Gasteiger partial charge in [0.15, 0.2) is 0 Å². The highest BCUT2D eigenvalue weighted by atomic mass is 32.1. The smallest absolute Gasteiger partial charge is 0.223 e. The molecule has 0 saturated carbocycles. The first-order valence-electron chi connectivity index (χ1n) is 6.71. The lowest BCUT2D eigenvalue weighted by atomic mass is 10.0. The molecule has 0 spiro atoms. The minimum absolute atomic E-state index is 0.235. The maximum absolute atomic E-state index is 11.8. The van der Waals surface area contributed by atoms with Crippen molar-refractivity contribution in [3.05, 3.63) is 15.6 Å². The minimum Gasteiger partial charge on any atom is -0.336 e. The van der Waals surface area contributed by atoms with Crippen molar-refractivity contribution in [1.82, 2.24) is 9.88 Å². The lowest BCUT2D eigenvalue weighted by Crippen LogP contribution is -2.25. The third-order valence-electron chi connectivity index (χ3n) is 3.84. The molecule has 4 nitrogen and oxygen atoms in total. The van der Waals surface area contributed by atoms with E-state index < -0.39 is 0 Å². The third-order valence-corrected chi connectivity index (χ3v) is 4.99. The van der Waals surface area contributed by atoms with Crippen LogP contribution < -0.4 is 5.73 Å². The van der Waals surface area contributed by atoms with Crippen molar-refractivity contribution < 1.29 is 4.79 Å². The Balaban J connectivity index is 1.69. The van der Waals surface area contributed by atoms with Gasteiger partial charge >= 0.3 is 0 Å². The third kappa shape index (κ3) is 2.29. The topological polar surface area (TPSA) is 59.2 Å². The molecular formula is C13H19N3OS. The Bertz CT molecular complexity index is 434. The molecule has 0 bridgehead atoms. The zero-order valence-electron chi connectivity index (χ0n) is 10.5. The molecule has 1 saturated heterocycles. The van der Waals surface area contributed by atoms with E-state index in [9.17, 15) is 4.79 Å². The van der Waals surface area contributed by atoms with Gasteiger partial charge in [-0.3, -0.25) is 4.79 Å². The molecule has 1 atom stereocenters. The highest BCUT2D eigenvalue weighted by molar-refractivity contribution is 7.11. The minimum atomic E-state index is 0.235. The van der Waals surface area contributed by atoms with Gasteiger partial charge in [0.1, 0.15) is 5.01 Å². The van der Waals surface area contributed by atoms with E-state index in [0.29, 0.717) is 25.4 Å². The molecule has 1 aromatic heterocycles. The lowest BCUT2D eigenvalue weighted by Gasteiger charge is -2.14. The molecule has 2 heterocycles. The lowest BCUT2D eigenvalue weighted by molar-refractivity contribution is -0.128. The molecule has 1 amide bonds. The number of nitrogens with two attached hydrogens (primary N) is 1. The molecule has 1 aliphatic heterocycles. The average Bonchev–Trinajstić information content (AvgIpc) is 2.93. The van der Waals surface area contributed by atoms with Crippen molar-refractivity contribution in [3.63, 3.8) is 0 Å². The van der Waals surface area contributed by atoms with Crippen LogP contribution in [0.1, 0.15) is 34.8 Å². The van der Waals surface area contributed by atoms with Crippen LogP contribution in [0.3, 0.4) is 0 Å². The Hall–Kier alpha value is -0.940. The quantitative estimate of drug-likeness (QED) is 0.897. The fraction of sp³-hybridized carbons (Fsp3) is 0.692. The van der Waals surface area contributed by atoms with Crippen LogP contribution in [0.25, 0.3) is 0 Å². The SMILES string of the molecule is NCC1CC(=O)N(Cc2nc3c(s2)CCCC3)C1. The van der Waals surface area contributed by atoms with Crippen molar-refractivity contribution in [2.75, 3.05) is 13.1 Å². The summed E-state index contributed by atoms with van der Waals surface area (Å²) in [5, 5.41) is 1.10. The van der Waals surface area contributed by atoms with Gasteiger partial charge in [-0.2, -0.15) is 0 Å². The van der Waals surface area contributed by atoms with E-state index >= 15 is 0 Å². The second kappa shape index (κ2) is 4.97. The van der Waals surface area contributed by atoms with Crippen molar-refractivity contribution in [3.8, 4) is 0 Å². The fourth-order valence-electron chi connectivity index (χ4n) is 2.80. The van der Waals surface area contributed by atoms with Gasteiger partial charge in [0.2, 0.25) is 5.91 Å². The van der Waals surface area contributed by atoms with Gasteiger partial charge in [-0.15, -0.1) is 11.3 Å². The molecule has 0 aromatic carbocycles.